The first-order chi connectivity index (χ1) is 13.7. The summed E-state index contributed by atoms with van der Waals surface area (Å²) in [5, 5.41) is 1.92. The van der Waals surface area contributed by atoms with E-state index in [0.717, 1.165) is 49.8 Å². The van der Waals surface area contributed by atoms with Gasteiger partial charge in [0.25, 0.3) is 5.56 Å². The molecule has 1 aromatic carbocycles. The average molecular weight is 397 g/mol. The van der Waals surface area contributed by atoms with Crippen molar-refractivity contribution in [2.45, 2.75) is 45.3 Å². The molecule has 0 N–H and O–H groups in total. The molecule has 0 spiro atoms. The highest BCUT2D eigenvalue weighted by atomic mass is 32.1. The Morgan fingerprint density at radius 2 is 2.14 bits per heavy atom. The second-order valence-corrected chi connectivity index (χ2v) is 8.50. The molecule has 3 aromatic rings. The van der Waals surface area contributed by atoms with Crippen LogP contribution >= 0.6 is 11.3 Å². The molecule has 1 atom stereocenters. The highest BCUT2D eigenvalue weighted by Gasteiger charge is 2.25. The molecule has 4 rings (SSSR count). The monoisotopic (exact) mass is 396 g/mol. The Kier molecular flexibility index (Phi) is 6.20. The van der Waals surface area contributed by atoms with Crippen LogP contribution in [-0.2, 0) is 13.1 Å². The summed E-state index contributed by atoms with van der Waals surface area (Å²) in [7, 11) is 0. The van der Waals surface area contributed by atoms with Crippen molar-refractivity contribution in [2.24, 2.45) is 0 Å². The second kappa shape index (κ2) is 8.99. The number of hydrogen-bond donors (Lipinski definition) is 0. The molecule has 0 radical (unpaired) electrons. The van der Waals surface area contributed by atoms with Crippen LogP contribution in [0.1, 0.15) is 37.4 Å². The quantitative estimate of drug-likeness (QED) is 0.611. The standard InChI is InChI=1S/C22H28N4OS/c1-2-10-25(16-19-14-21(27)26-12-13-28-22(26)23-19)20-9-6-11-24(17-20)15-18-7-4-3-5-8-18/h3-5,7-8,12-14,20H,2,6,9-11,15-17H2,1H3. The first-order valence-corrected chi connectivity index (χ1v) is 11.1. The minimum Gasteiger partial charge on any atom is -0.298 e. The van der Waals surface area contributed by atoms with Crippen molar-refractivity contribution in [3.63, 3.8) is 0 Å². The van der Waals surface area contributed by atoms with E-state index in [-0.39, 0.29) is 5.56 Å². The van der Waals surface area contributed by atoms with Gasteiger partial charge in [-0.25, -0.2) is 4.98 Å². The summed E-state index contributed by atoms with van der Waals surface area (Å²) in [6.07, 6.45) is 5.34. The summed E-state index contributed by atoms with van der Waals surface area (Å²) < 4.78 is 1.63. The highest BCUT2D eigenvalue weighted by molar-refractivity contribution is 7.15. The van der Waals surface area contributed by atoms with E-state index in [0.29, 0.717) is 6.04 Å². The van der Waals surface area contributed by atoms with Crippen LogP contribution in [0.2, 0.25) is 0 Å². The molecule has 1 aliphatic heterocycles. The summed E-state index contributed by atoms with van der Waals surface area (Å²) in [4.78, 5) is 22.9. The maximum Gasteiger partial charge on any atom is 0.258 e. The molecule has 28 heavy (non-hydrogen) atoms. The van der Waals surface area contributed by atoms with Crippen LogP contribution in [0, 0.1) is 0 Å². The third-order valence-corrected chi connectivity index (χ3v) is 6.23. The molecule has 2 aromatic heterocycles. The summed E-state index contributed by atoms with van der Waals surface area (Å²) in [5.74, 6) is 0. The fourth-order valence-corrected chi connectivity index (χ4v) is 4.91. The fraction of sp³-hybridized carbons (Fsp3) is 0.455. The third kappa shape index (κ3) is 4.51. The number of piperidine rings is 1. The Labute approximate surface area is 170 Å². The van der Waals surface area contributed by atoms with Gasteiger partial charge in [0.1, 0.15) is 0 Å². The largest absolute Gasteiger partial charge is 0.298 e. The first kappa shape index (κ1) is 19.3. The number of aromatic nitrogens is 2. The van der Waals surface area contributed by atoms with Crippen LogP contribution in [0.4, 0.5) is 0 Å². The van der Waals surface area contributed by atoms with E-state index in [9.17, 15) is 4.79 Å². The maximum atomic E-state index is 12.3. The average Bonchev–Trinajstić information content (AvgIpc) is 3.18. The molecule has 148 valence electrons. The molecule has 0 aliphatic carbocycles. The molecule has 0 amide bonds. The molecule has 1 fully saturated rings. The van der Waals surface area contributed by atoms with E-state index in [1.165, 1.54) is 29.7 Å². The van der Waals surface area contributed by atoms with Gasteiger partial charge < -0.3 is 0 Å². The zero-order valence-electron chi connectivity index (χ0n) is 16.5. The van der Waals surface area contributed by atoms with Gasteiger partial charge in [-0.2, -0.15) is 0 Å². The van der Waals surface area contributed by atoms with Crippen LogP contribution < -0.4 is 5.56 Å². The first-order valence-electron chi connectivity index (χ1n) is 10.2. The van der Waals surface area contributed by atoms with Crippen LogP contribution in [0.5, 0.6) is 0 Å². The molecular weight excluding hydrogens is 368 g/mol. The molecule has 0 bridgehead atoms. The van der Waals surface area contributed by atoms with E-state index < -0.39 is 0 Å². The van der Waals surface area contributed by atoms with Gasteiger partial charge in [0.2, 0.25) is 0 Å². The van der Waals surface area contributed by atoms with Crippen LogP contribution in [0.3, 0.4) is 0 Å². The number of thiazole rings is 1. The zero-order chi connectivity index (χ0) is 19.3. The molecule has 3 heterocycles. The molecule has 0 saturated carbocycles. The van der Waals surface area contributed by atoms with Crippen molar-refractivity contribution in [1.82, 2.24) is 19.2 Å². The van der Waals surface area contributed by atoms with Gasteiger partial charge in [-0.15, -0.1) is 11.3 Å². The number of rotatable bonds is 7. The predicted molar refractivity (Wildman–Crippen MR) is 115 cm³/mol. The predicted octanol–water partition coefficient (Wildman–Crippen LogP) is 3.63. The minimum atomic E-state index is 0.0204. The SMILES string of the molecule is CCCN(Cc1cc(=O)n2ccsc2n1)C1CCCN(Cc2ccccc2)C1. The third-order valence-electron chi connectivity index (χ3n) is 5.48. The van der Waals surface area contributed by atoms with Crippen molar-refractivity contribution < 1.29 is 0 Å². The molecule has 1 unspecified atom stereocenters. The van der Waals surface area contributed by atoms with Crippen LogP contribution in [0.25, 0.3) is 4.96 Å². The summed E-state index contributed by atoms with van der Waals surface area (Å²) in [6.45, 7) is 7.26. The van der Waals surface area contributed by atoms with Crippen LogP contribution in [-0.4, -0.2) is 44.9 Å². The molecular formula is C22H28N4OS. The van der Waals surface area contributed by atoms with Crippen molar-refractivity contribution >= 4 is 16.3 Å². The van der Waals surface area contributed by atoms with Gasteiger partial charge in [-0.05, 0) is 37.9 Å². The zero-order valence-corrected chi connectivity index (χ0v) is 17.3. The summed E-state index contributed by atoms with van der Waals surface area (Å²) in [5.41, 5.74) is 2.29. The lowest BCUT2D eigenvalue weighted by atomic mass is 10.0. The number of nitrogens with zero attached hydrogens (tertiary/aromatic N) is 4. The minimum absolute atomic E-state index is 0.0204. The maximum absolute atomic E-state index is 12.3. The molecule has 1 saturated heterocycles. The molecule has 1 aliphatic rings. The summed E-state index contributed by atoms with van der Waals surface area (Å²) in [6, 6.07) is 12.9. The van der Waals surface area contributed by atoms with E-state index in [2.05, 4.69) is 47.1 Å². The van der Waals surface area contributed by atoms with Crippen LogP contribution in [0.15, 0.2) is 52.8 Å². The van der Waals surface area contributed by atoms with E-state index in [4.69, 9.17) is 4.98 Å². The van der Waals surface area contributed by atoms with E-state index in [1.807, 2.05) is 5.38 Å². The number of benzene rings is 1. The Hall–Kier alpha value is -2.02. The summed E-state index contributed by atoms with van der Waals surface area (Å²) >= 11 is 1.52. The van der Waals surface area contributed by atoms with Crippen molar-refractivity contribution in [3.8, 4) is 0 Å². The van der Waals surface area contributed by atoms with Crippen molar-refractivity contribution in [3.05, 3.63) is 69.6 Å². The van der Waals surface area contributed by atoms with Gasteiger partial charge in [-0.3, -0.25) is 19.0 Å². The Balaban J connectivity index is 1.47. The lowest BCUT2D eigenvalue weighted by molar-refractivity contribution is 0.0868. The fourth-order valence-electron chi connectivity index (χ4n) is 4.17. The topological polar surface area (TPSA) is 40.9 Å². The Morgan fingerprint density at radius 3 is 2.96 bits per heavy atom. The number of likely N-dealkylation sites (tertiary alicyclic amines) is 1. The number of hydrogen-bond acceptors (Lipinski definition) is 5. The van der Waals surface area contributed by atoms with Gasteiger partial charge in [0, 0.05) is 43.3 Å². The van der Waals surface area contributed by atoms with E-state index in [1.54, 1.807) is 16.7 Å². The van der Waals surface area contributed by atoms with Gasteiger partial charge >= 0.3 is 0 Å². The van der Waals surface area contributed by atoms with Crippen molar-refractivity contribution in [1.29, 1.82) is 0 Å². The Bertz CT molecular complexity index is 952. The van der Waals surface area contributed by atoms with E-state index >= 15 is 0 Å². The molecule has 6 heteroatoms. The van der Waals surface area contributed by atoms with Gasteiger partial charge in [0.15, 0.2) is 4.96 Å². The van der Waals surface area contributed by atoms with Crippen molar-refractivity contribution in [2.75, 3.05) is 19.6 Å². The lowest BCUT2D eigenvalue weighted by Crippen LogP contribution is -2.47. The van der Waals surface area contributed by atoms with Gasteiger partial charge in [-0.1, -0.05) is 37.3 Å². The second-order valence-electron chi connectivity index (χ2n) is 7.63. The highest BCUT2D eigenvalue weighted by Crippen LogP contribution is 2.20. The molecule has 5 nitrogen and oxygen atoms in total. The van der Waals surface area contributed by atoms with Gasteiger partial charge in [0.05, 0.1) is 5.69 Å². The lowest BCUT2D eigenvalue weighted by Gasteiger charge is -2.39. The smallest absolute Gasteiger partial charge is 0.258 e. The normalized spacial score (nSPS) is 18.1. The Morgan fingerprint density at radius 1 is 1.29 bits per heavy atom. The number of fused-ring (bicyclic) bond motifs is 1.